The molecule has 6 heteroatoms. The Bertz CT molecular complexity index is 400. The molecule has 0 bridgehead atoms. The molecule has 3 nitrogen and oxygen atoms in total. The Morgan fingerprint density at radius 3 is 2.75 bits per heavy atom. The Balaban J connectivity index is 0.00000128. The van der Waals surface area contributed by atoms with E-state index >= 15 is 0 Å². The van der Waals surface area contributed by atoms with Crippen molar-refractivity contribution in [3.05, 3.63) is 29.8 Å². The maximum atomic E-state index is 13.3. The first-order valence-corrected chi connectivity index (χ1v) is 4.64. The van der Waals surface area contributed by atoms with Gasteiger partial charge in [0.2, 0.25) is 5.91 Å². The van der Waals surface area contributed by atoms with E-state index in [1.807, 2.05) is 0 Å². The van der Waals surface area contributed by atoms with Crippen LogP contribution in [0.15, 0.2) is 18.2 Å². The van der Waals surface area contributed by atoms with Crippen LogP contribution in [0.1, 0.15) is 0 Å². The fraction of sp³-hybridized carbons (Fsp3) is 0.300. The minimum absolute atomic E-state index is 0. The van der Waals surface area contributed by atoms with Gasteiger partial charge in [0.05, 0.1) is 12.2 Å². The van der Waals surface area contributed by atoms with Gasteiger partial charge in [0.15, 0.2) is 0 Å². The fourth-order valence-corrected chi connectivity index (χ4v) is 1.55. The SMILES string of the molecule is Cl.O=C1CNCCN1c1cc(F)ccc1F. The number of benzene rings is 1. The predicted octanol–water partition coefficient (Wildman–Crippen LogP) is 1.32. The molecule has 1 aromatic rings. The lowest BCUT2D eigenvalue weighted by Crippen LogP contribution is -2.48. The second-order valence-electron chi connectivity index (χ2n) is 3.32. The molecular weight excluding hydrogens is 238 g/mol. The van der Waals surface area contributed by atoms with Crippen molar-refractivity contribution >= 4 is 24.0 Å². The van der Waals surface area contributed by atoms with Crippen molar-refractivity contribution in [2.24, 2.45) is 0 Å². The molecule has 1 heterocycles. The average molecular weight is 249 g/mol. The second kappa shape index (κ2) is 5.23. The van der Waals surface area contributed by atoms with Gasteiger partial charge in [-0.1, -0.05) is 0 Å². The van der Waals surface area contributed by atoms with E-state index < -0.39 is 11.6 Å². The number of carbonyl (C=O) groups excluding carboxylic acids is 1. The molecule has 0 atom stereocenters. The summed E-state index contributed by atoms with van der Waals surface area (Å²) in [4.78, 5) is 12.7. The Labute approximate surface area is 97.8 Å². The maximum absolute atomic E-state index is 13.3. The number of halogens is 3. The van der Waals surface area contributed by atoms with Gasteiger partial charge >= 0.3 is 0 Å². The molecule has 0 aliphatic carbocycles. The lowest BCUT2D eigenvalue weighted by Gasteiger charge is -2.27. The van der Waals surface area contributed by atoms with E-state index in [4.69, 9.17) is 0 Å². The minimum Gasteiger partial charge on any atom is -0.307 e. The van der Waals surface area contributed by atoms with E-state index in [-0.39, 0.29) is 30.5 Å². The number of nitrogens with one attached hydrogen (secondary N) is 1. The van der Waals surface area contributed by atoms with Gasteiger partial charge in [-0.05, 0) is 12.1 Å². The highest BCUT2D eigenvalue weighted by atomic mass is 35.5. The van der Waals surface area contributed by atoms with Crippen molar-refractivity contribution in [2.45, 2.75) is 0 Å². The molecule has 1 saturated heterocycles. The van der Waals surface area contributed by atoms with E-state index in [1.54, 1.807) is 0 Å². The molecule has 0 radical (unpaired) electrons. The Morgan fingerprint density at radius 1 is 1.31 bits per heavy atom. The summed E-state index contributed by atoms with van der Waals surface area (Å²) in [5, 5.41) is 2.86. The summed E-state index contributed by atoms with van der Waals surface area (Å²) in [7, 11) is 0. The molecule has 0 spiro atoms. The number of rotatable bonds is 1. The van der Waals surface area contributed by atoms with E-state index in [0.29, 0.717) is 13.1 Å². The van der Waals surface area contributed by atoms with Crippen molar-refractivity contribution in [1.29, 1.82) is 0 Å². The topological polar surface area (TPSA) is 32.3 Å². The number of amides is 1. The third-order valence-electron chi connectivity index (χ3n) is 2.29. The molecule has 1 N–H and O–H groups in total. The zero-order chi connectivity index (χ0) is 10.8. The van der Waals surface area contributed by atoms with Gasteiger partial charge in [0, 0.05) is 19.2 Å². The molecule has 0 unspecified atom stereocenters. The highest BCUT2D eigenvalue weighted by Gasteiger charge is 2.22. The van der Waals surface area contributed by atoms with Crippen molar-refractivity contribution in [3.8, 4) is 0 Å². The second-order valence-corrected chi connectivity index (χ2v) is 3.32. The molecule has 0 aromatic heterocycles. The summed E-state index contributed by atoms with van der Waals surface area (Å²) in [5.74, 6) is -1.37. The monoisotopic (exact) mass is 248 g/mol. The van der Waals surface area contributed by atoms with Gasteiger partial charge in [-0.3, -0.25) is 4.79 Å². The first kappa shape index (κ1) is 12.9. The number of piperazine rings is 1. The largest absolute Gasteiger partial charge is 0.307 e. The van der Waals surface area contributed by atoms with Crippen LogP contribution in [0.2, 0.25) is 0 Å². The summed E-state index contributed by atoms with van der Waals surface area (Å²) in [6.07, 6.45) is 0. The molecule has 1 amide bonds. The predicted molar refractivity (Wildman–Crippen MR) is 58.8 cm³/mol. The summed E-state index contributed by atoms with van der Waals surface area (Å²) >= 11 is 0. The lowest BCUT2D eigenvalue weighted by molar-refractivity contribution is -0.118. The van der Waals surface area contributed by atoms with Crippen LogP contribution < -0.4 is 10.2 Å². The standard InChI is InChI=1S/C10H10F2N2O.ClH/c11-7-1-2-8(12)9(5-7)14-4-3-13-6-10(14)15;/h1-2,5,13H,3-4,6H2;1H. The number of hydrogen-bond donors (Lipinski definition) is 1. The third kappa shape index (κ3) is 2.48. The summed E-state index contributed by atoms with van der Waals surface area (Å²) in [5.41, 5.74) is 0.0153. The van der Waals surface area contributed by atoms with Gasteiger partial charge in [-0.15, -0.1) is 12.4 Å². The van der Waals surface area contributed by atoms with Crippen LogP contribution in [0.4, 0.5) is 14.5 Å². The highest BCUT2D eigenvalue weighted by Crippen LogP contribution is 2.21. The molecule has 88 valence electrons. The third-order valence-corrected chi connectivity index (χ3v) is 2.29. The first-order valence-electron chi connectivity index (χ1n) is 4.64. The van der Waals surface area contributed by atoms with Crippen LogP contribution in [0.25, 0.3) is 0 Å². The maximum Gasteiger partial charge on any atom is 0.241 e. The van der Waals surface area contributed by atoms with Gasteiger partial charge in [-0.2, -0.15) is 0 Å². The molecule has 1 aliphatic rings. The van der Waals surface area contributed by atoms with Crippen LogP contribution in [0, 0.1) is 11.6 Å². The molecule has 0 saturated carbocycles. The van der Waals surface area contributed by atoms with Crippen LogP contribution in [0.5, 0.6) is 0 Å². The minimum atomic E-state index is -0.577. The Morgan fingerprint density at radius 2 is 2.06 bits per heavy atom. The zero-order valence-corrected chi connectivity index (χ0v) is 9.19. The van der Waals surface area contributed by atoms with E-state index in [2.05, 4.69) is 5.32 Å². The Kier molecular flexibility index (Phi) is 4.20. The molecule has 1 aliphatic heterocycles. The lowest BCUT2D eigenvalue weighted by atomic mass is 10.2. The number of anilines is 1. The Hall–Kier alpha value is -1.20. The zero-order valence-electron chi connectivity index (χ0n) is 8.37. The molecule has 2 rings (SSSR count). The van der Waals surface area contributed by atoms with Crippen LogP contribution in [-0.4, -0.2) is 25.5 Å². The van der Waals surface area contributed by atoms with E-state index in [9.17, 15) is 13.6 Å². The fourth-order valence-electron chi connectivity index (χ4n) is 1.55. The number of hydrogen-bond acceptors (Lipinski definition) is 2. The molecule has 1 fully saturated rings. The summed E-state index contributed by atoms with van der Waals surface area (Å²) in [6, 6.07) is 3.10. The first-order chi connectivity index (χ1) is 7.18. The van der Waals surface area contributed by atoms with Gasteiger partial charge < -0.3 is 10.2 Å². The highest BCUT2D eigenvalue weighted by molar-refractivity contribution is 5.95. The molecule has 1 aromatic carbocycles. The van der Waals surface area contributed by atoms with Crippen LogP contribution in [0.3, 0.4) is 0 Å². The normalized spacial score (nSPS) is 15.9. The van der Waals surface area contributed by atoms with Gasteiger partial charge in [-0.25, -0.2) is 8.78 Å². The van der Waals surface area contributed by atoms with Crippen LogP contribution in [-0.2, 0) is 4.79 Å². The number of carbonyl (C=O) groups is 1. The van der Waals surface area contributed by atoms with E-state index in [1.165, 1.54) is 4.90 Å². The van der Waals surface area contributed by atoms with Crippen molar-refractivity contribution in [3.63, 3.8) is 0 Å². The van der Waals surface area contributed by atoms with Crippen molar-refractivity contribution in [1.82, 2.24) is 5.32 Å². The number of nitrogens with zero attached hydrogens (tertiary/aromatic N) is 1. The van der Waals surface area contributed by atoms with Crippen LogP contribution >= 0.6 is 12.4 Å². The van der Waals surface area contributed by atoms with Crippen molar-refractivity contribution < 1.29 is 13.6 Å². The summed E-state index contributed by atoms with van der Waals surface area (Å²) < 4.78 is 26.3. The molecule has 16 heavy (non-hydrogen) atoms. The molecular formula is C10H11ClF2N2O. The van der Waals surface area contributed by atoms with Crippen molar-refractivity contribution in [2.75, 3.05) is 24.5 Å². The average Bonchev–Trinajstić information content (AvgIpc) is 2.23. The smallest absolute Gasteiger partial charge is 0.241 e. The van der Waals surface area contributed by atoms with Gasteiger partial charge in [0.1, 0.15) is 11.6 Å². The summed E-state index contributed by atoms with van der Waals surface area (Å²) in [6.45, 7) is 1.11. The quantitative estimate of drug-likeness (QED) is 0.813. The van der Waals surface area contributed by atoms with E-state index in [0.717, 1.165) is 18.2 Å². The van der Waals surface area contributed by atoms with Gasteiger partial charge in [0.25, 0.3) is 0 Å².